The third-order valence-corrected chi connectivity index (χ3v) is 5.30. The van der Waals surface area contributed by atoms with Crippen molar-refractivity contribution in [2.45, 2.75) is 31.6 Å². The van der Waals surface area contributed by atoms with Gasteiger partial charge < -0.3 is 24.8 Å². The second kappa shape index (κ2) is 9.37. The number of fused-ring (bicyclic) bond motifs is 1. The Labute approximate surface area is 175 Å². The Hall–Kier alpha value is -2.45. The van der Waals surface area contributed by atoms with Crippen LogP contribution in [0, 0.1) is 0 Å². The van der Waals surface area contributed by atoms with Gasteiger partial charge in [0.05, 0.1) is 25.7 Å². The highest BCUT2D eigenvalue weighted by molar-refractivity contribution is 7.80. The predicted molar refractivity (Wildman–Crippen MR) is 113 cm³/mol. The first kappa shape index (κ1) is 21.3. The maximum absolute atomic E-state index is 13.1. The molecule has 1 heterocycles. The Morgan fingerprint density at radius 3 is 2.72 bits per heavy atom. The lowest BCUT2D eigenvalue weighted by Gasteiger charge is -2.27. The van der Waals surface area contributed by atoms with E-state index in [0.717, 1.165) is 22.1 Å². The highest BCUT2D eigenvalue weighted by atomic mass is 32.1. The van der Waals surface area contributed by atoms with Gasteiger partial charge in [0.25, 0.3) is 0 Å². The number of carbonyl (C=O) groups is 2. The minimum atomic E-state index is -0.787. The lowest BCUT2D eigenvalue weighted by molar-refractivity contribution is -0.139. The molecule has 0 bridgehead atoms. The first-order valence-electron chi connectivity index (χ1n) is 9.54. The van der Waals surface area contributed by atoms with Crippen molar-refractivity contribution in [3.63, 3.8) is 0 Å². The van der Waals surface area contributed by atoms with E-state index in [2.05, 4.69) is 17.9 Å². The quantitative estimate of drug-likeness (QED) is 0.628. The van der Waals surface area contributed by atoms with E-state index in [1.165, 1.54) is 4.90 Å². The number of nitrogens with one attached hydrogen (secondary N) is 1. The van der Waals surface area contributed by atoms with E-state index in [4.69, 9.17) is 9.47 Å². The topological polar surface area (TPSA) is 88.1 Å². The van der Waals surface area contributed by atoms with Crippen LogP contribution in [0.4, 0.5) is 4.79 Å². The molecular weight excluding hydrogens is 392 g/mol. The molecule has 3 atom stereocenters. The maximum atomic E-state index is 13.1. The first-order chi connectivity index (χ1) is 13.9. The lowest BCUT2D eigenvalue weighted by Crippen LogP contribution is -2.42. The van der Waals surface area contributed by atoms with E-state index in [9.17, 15) is 14.7 Å². The molecule has 0 aliphatic carbocycles. The number of rotatable bonds is 6. The van der Waals surface area contributed by atoms with Gasteiger partial charge in [-0.25, -0.2) is 4.79 Å². The average Bonchev–Trinajstić information content (AvgIpc) is 3.10. The number of hydrogen-bond donors (Lipinski definition) is 3. The smallest absolute Gasteiger partial charge is 0.409 e. The SMILES string of the molecule is COc1ccc2cc(C(C)C(=O)N3CC(O)CC3OC(=O)NCCS)ccc2c1. The highest BCUT2D eigenvalue weighted by Crippen LogP contribution is 2.29. The summed E-state index contributed by atoms with van der Waals surface area (Å²) in [7, 11) is 1.62. The summed E-state index contributed by atoms with van der Waals surface area (Å²) >= 11 is 4.03. The molecule has 0 saturated carbocycles. The Balaban J connectivity index is 1.75. The molecule has 2 aromatic carbocycles. The number of nitrogens with zero attached hydrogens (tertiary/aromatic N) is 1. The second-order valence-corrected chi connectivity index (χ2v) is 7.53. The number of aliphatic hydroxyl groups is 1. The molecule has 3 rings (SSSR count). The number of likely N-dealkylation sites (tertiary alicyclic amines) is 1. The number of amides is 2. The van der Waals surface area contributed by atoms with E-state index in [0.29, 0.717) is 12.3 Å². The van der Waals surface area contributed by atoms with Crippen molar-refractivity contribution in [1.82, 2.24) is 10.2 Å². The van der Waals surface area contributed by atoms with Crippen LogP contribution < -0.4 is 10.1 Å². The molecule has 0 spiro atoms. The van der Waals surface area contributed by atoms with Gasteiger partial charge in [0.15, 0.2) is 6.23 Å². The molecule has 8 heteroatoms. The fraction of sp³-hybridized carbons (Fsp3) is 0.429. The molecule has 1 saturated heterocycles. The summed E-state index contributed by atoms with van der Waals surface area (Å²) in [5, 5.41) is 14.6. The van der Waals surface area contributed by atoms with Gasteiger partial charge in [0.2, 0.25) is 5.91 Å². The molecule has 2 amide bonds. The van der Waals surface area contributed by atoms with E-state index < -0.39 is 24.3 Å². The summed E-state index contributed by atoms with van der Waals surface area (Å²) in [5.74, 6) is 0.618. The van der Waals surface area contributed by atoms with Crippen LogP contribution in [0.5, 0.6) is 5.75 Å². The van der Waals surface area contributed by atoms with E-state index >= 15 is 0 Å². The maximum Gasteiger partial charge on any atom is 0.409 e. The van der Waals surface area contributed by atoms with Gasteiger partial charge in [0.1, 0.15) is 5.75 Å². The minimum Gasteiger partial charge on any atom is -0.497 e. The van der Waals surface area contributed by atoms with Crippen molar-refractivity contribution in [2.24, 2.45) is 0 Å². The Bertz CT molecular complexity index is 891. The normalized spacial score (nSPS) is 19.8. The van der Waals surface area contributed by atoms with Crippen LogP contribution >= 0.6 is 12.6 Å². The van der Waals surface area contributed by atoms with Crippen molar-refractivity contribution in [1.29, 1.82) is 0 Å². The van der Waals surface area contributed by atoms with Crippen LogP contribution in [0.2, 0.25) is 0 Å². The number of ether oxygens (including phenoxy) is 2. The van der Waals surface area contributed by atoms with E-state index in [1.807, 2.05) is 43.3 Å². The van der Waals surface area contributed by atoms with Gasteiger partial charge in [-0.3, -0.25) is 4.79 Å². The van der Waals surface area contributed by atoms with Crippen molar-refractivity contribution < 1.29 is 24.2 Å². The highest BCUT2D eigenvalue weighted by Gasteiger charge is 2.38. The Kier molecular flexibility index (Phi) is 6.87. The molecule has 1 aliphatic heterocycles. The van der Waals surface area contributed by atoms with E-state index in [1.54, 1.807) is 7.11 Å². The third kappa shape index (κ3) is 4.94. The summed E-state index contributed by atoms with van der Waals surface area (Å²) in [6.07, 6.45) is -1.93. The van der Waals surface area contributed by atoms with Crippen LogP contribution in [0.3, 0.4) is 0 Å². The van der Waals surface area contributed by atoms with Crippen molar-refractivity contribution >= 4 is 35.4 Å². The zero-order valence-corrected chi connectivity index (χ0v) is 17.4. The molecule has 0 aromatic heterocycles. The summed E-state index contributed by atoms with van der Waals surface area (Å²) in [6.45, 7) is 2.32. The summed E-state index contributed by atoms with van der Waals surface area (Å²) in [6, 6.07) is 11.6. The average molecular weight is 419 g/mol. The van der Waals surface area contributed by atoms with Gasteiger partial charge in [0, 0.05) is 18.7 Å². The Morgan fingerprint density at radius 2 is 2.00 bits per heavy atom. The number of hydrogen-bond acceptors (Lipinski definition) is 6. The largest absolute Gasteiger partial charge is 0.497 e. The van der Waals surface area contributed by atoms with Gasteiger partial charge in [-0.1, -0.05) is 24.3 Å². The van der Waals surface area contributed by atoms with Gasteiger partial charge in [-0.2, -0.15) is 12.6 Å². The second-order valence-electron chi connectivity index (χ2n) is 7.08. The standard InChI is InChI=1S/C21H26N2O5S/c1-13(14-3-4-16-10-18(27-2)6-5-15(16)9-14)20(25)23-12-17(24)11-19(23)28-21(26)22-7-8-29/h3-6,9-10,13,17,19,24,29H,7-8,11-12H2,1-2H3,(H,22,26). The summed E-state index contributed by atoms with van der Waals surface area (Å²) < 4.78 is 10.6. The van der Waals surface area contributed by atoms with Gasteiger partial charge >= 0.3 is 6.09 Å². The first-order valence-corrected chi connectivity index (χ1v) is 10.2. The van der Waals surface area contributed by atoms with Gasteiger partial charge in [-0.05, 0) is 35.4 Å². The fourth-order valence-corrected chi connectivity index (χ4v) is 3.59. The monoisotopic (exact) mass is 418 g/mol. The van der Waals surface area contributed by atoms with Crippen molar-refractivity contribution in [3.05, 3.63) is 42.0 Å². The van der Waals surface area contributed by atoms with Crippen LogP contribution in [-0.2, 0) is 9.53 Å². The van der Waals surface area contributed by atoms with Crippen molar-refractivity contribution in [2.75, 3.05) is 26.0 Å². The molecule has 3 unspecified atom stereocenters. The minimum absolute atomic E-state index is 0.137. The van der Waals surface area contributed by atoms with Crippen LogP contribution in [0.25, 0.3) is 10.8 Å². The third-order valence-electron chi connectivity index (χ3n) is 5.08. The molecular formula is C21H26N2O5S. The number of carbonyl (C=O) groups excluding carboxylic acids is 2. The number of alkyl carbamates (subject to hydrolysis) is 1. The van der Waals surface area contributed by atoms with E-state index in [-0.39, 0.29) is 18.9 Å². The molecule has 0 radical (unpaired) electrons. The molecule has 1 aliphatic rings. The number of thiol groups is 1. The number of benzene rings is 2. The van der Waals surface area contributed by atoms with Crippen LogP contribution in [0.15, 0.2) is 36.4 Å². The lowest BCUT2D eigenvalue weighted by atomic mass is 9.96. The van der Waals surface area contributed by atoms with Crippen molar-refractivity contribution in [3.8, 4) is 5.75 Å². The van der Waals surface area contributed by atoms with Crippen LogP contribution in [0.1, 0.15) is 24.8 Å². The zero-order chi connectivity index (χ0) is 21.0. The molecule has 2 aromatic rings. The predicted octanol–water partition coefficient (Wildman–Crippen LogP) is 2.53. The number of methoxy groups -OCH3 is 1. The molecule has 156 valence electrons. The zero-order valence-electron chi connectivity index (χ0n) is 16.5. The summed E-state index contributed by atoms with van der Waals surface area (Å²) in [4.78, 5) is 26.4. The fourth-order valence-electron chi connectivity index (χ4n) is 3.48. The van der Waals surface area contributed by atoms with Gasteiger partial charge in [-0.15, -0.1) is 0 Å². The Morgan fingerprint density at radius 1 is 1.28 bits per heavy atom. The van der Waals surface area contributed by atoms with Crippen LogP contribution in [-0.4, -0.2) is 60.3 Å². The molecule has 1 fully saturated rings. The molecule has 2 N–H and O–H groups in total. The molecule has 7 nitrogen and oxygen atoms in total. The summed E-state index contributed by atoms with van der Waals surface area (Å²) in [5.41, 5.74) is 0.854. The molecule has 29 heavy (non-hydrogen) atoms. The number of β-amino-alcohol motifs (C(OH)–C–C–N with tert-alkyl or cyclic N) is 1. The number of aliphatic hydroxyl groups excluding tert-OH is 1.